The molecule has 6 heteroatoms. The van der Waals surface area contributed by atoms with Crippen LogP contribution in [-0.4, -0.2) is 37.2 Å². The van der Waals surface area contributed by atoms with Crippen molar-refractivity contribution < 1.29 is 28.6 Å². The molecule has 0 radical (unpaired) electrons. The number of carbonyl (C=O) groups is 3. The van der Waals surface area contributed by atoms with Crippen LogP contribution in [0.2, 0.25) is 0 Å². The number of carbonyl (C=O) groups excluding carboxylic acids is 3. The number of unbranched alkanes of at least 4 members (excludes halogenated alkanes) is 29. The molecule has 0 aliphatic carbocycles. The highest BCUT2D eigenvalue weighted by molar-refractivity contribution is 5.71. The van der Waals surface area contributed by atoms with Crippen LogP contribution in [-0.2, 0) is 28.6 Å². The van der Waals surface area contributed by atoms with Gasteiger partial charge in [0.15, 0.2) is 6.10 Å². The Balaban J connectivity index is 4.37. The summed E-state index contributed by atoms with van der Waals surface area (Å²) in [4.78, 5) is 38.0. The molecule has 0 fully saturated rings. The summed E-state index contributed by atoms with van der Waals surface area (Å²) < 4.78 is 16.8. The number of ether oxygens (including phenoxy) is 3. The van der Waals surface area contributed by atoms with Crippen molar-refractivity contribution in [3.8, 4) is 0 Å². The lowest BCUT2D eigenvalue weighted by Gasteiger charge is -2.18. The number of allylic oxidation sites excluding steroid dienone is 8. The molecule has 0 amide bonds. The second-order valence-corrected chi connectivity index (χ2v) is 17.8. The maximum Gasteiger partial charge on any atom is 0.306 e. The largest absolute Gasteiger partial charge is 0.462 e. The van der Waals surface area contributed by atoms with E-state index < -0.39 is 6.10 Å². The predicted octanol–water partition coefficient (Wildman–Crippen LogP) is 17.5. The highest BCUT2D eigenvalue weighted by Crippen LogP contribution is 2.16. The van der Waals surface area contributed by atoms with Crippen molar-refractivity contribution in [1.29, 1.82) is 0 Å². The van der Waals surface area contributed by atoms with Crippen molar-refractivity contribution in [3.05, 3.63) is 48.6 Å². The third-order valence-corrected chi connectivity index (χ3v) is 11.6. The maximum atomic E-state index is 12.8. The SMILES string of the molecule is CC/C=C\C/C=C\C/C=C\CCCCCCCCC(=O)OCC(COC(=O)CCCCCCC/C=C\CCCCC)OC(=O)CCCCCCCCCCCCCCCCCC. The molecular weight excluding hydrogens is 769 g/mol. The summed E-state index contributed by atoms with van der Waals surface area (Å²) in [5, 5.41) is 0. The summed E-state index contributed by atoms with van der Waals surface area (Å²) in [5.74, 6) is -0.891. The minimum Gasteiger partial charge on any atom is -0.462 e. The molecule has 1 unspecified atom stereocenters. The van der Waals surface area contributed by atoms with Crippen molar-refractivity contribution in [2.45, 2.75) is 277 Å². The second-order valence-electron chi connectivity index (χ2n) is 17.8. The van der Waals surface area contributed by atoms with Gasteiger partial charge in [-0.05, 0) is 77.0 Å². The predicted molar refractivity (Wildman–Crippen MR) is 265 cm³/mol. The number of rotatable bonds is 48. The fourth-order valence-corrected chi connectivity index (χ4v) is 7.57. The molecule has 0 saturated carbocycles. The first kappa shape index (κ1) is 59.4. The highest BCUT2D eigenvalue weighted by Gasteiger charge is 2.19. The Morgan fingerprint density at radius 3 is 1.03 bits per heavy atom. The van der Waals surface area contributed by atoms with Gasteiger partial charge in [-0.3, -0.25) is 14.4 Å². The molecule has 0 aromatic heterocycles. The number of hydrogen-bond acceptors (Lipinski definition) is 6. The van der Waals surface area contributed by atoms with Gasteiger partial charge in [-0.15, -0.1) is 0 Å². The molecule has 0 heterocycles. The number of esters is 3. The van der Waals surface area contributed by atoms with Crippen LogP contribution in [0.5, 0.6) is 0 Å². The first-order valence-electron chi connectivity index (χ1n) is 26.6. The molecule has 0 N–H and O–H groups in total. The zero-order valence-electron chi connectivity index (χ0n) is 41.1. The molecule has 6 nitrogen and oxygen atoms in total. The van der Waals surface area contributed by atoms with Gasteiger partial charge in [0.1, 0.15) is 13.2 Å². The zero-order chi connectivity index (χ0) is 45.1. The molecule has 0 saturated heterocycles. The Morgan fingerprint density at radius 1 is 0.339 bits per heavy atom. The molecule has 62 heavy (non-hydrogen) atoms. The fourth-order valence-electron chi connectivity index (χ4n) is 7.57. The third kappa shape index (κ3) is 48.4. The van der Waals surface area contributed by atoms with E-state index in [0.717, 1.165) is 89.9 Å². The lowest BCUT2D eigenvalue weighted by molar-refractivity contribution is -0.167. The van der Waals surface area contributed by atoms with E-state index in [-0.39, 0.29) is 31.1 Å². The topological polar surface area (TPSA) is 78.9 Å². The fraction of sp³-hybridized carbons (Fsp3) is 0.804. The van der Waals surface area contributed by atoms with Gasteiger partial charge < -0.3 is 14.2 Å². The molecular formula is C56H100O6. The normalized spacial score (nSPS) is 12.4. The number of hydrogen-bond donors (Lipinski definition) is 0. The van der Waals surface area contributed by atoms with Gasteiger partial charge in [0.2, 0.25) is 0 Å². The Bertz CT molecular complexity index is 1090. The molecule has 0 spiro atoms. The quantitative estimate of drug-likeness (QED) is 0.0262. The second kappa shape index (κ2) is 51.0. The monoisotopic (exact) mass is 869 g/mol. The molecule has 0 aromatic rings. The minimum atomic E-state index is -0.778. The van der Waals surface area contributed by atoms with Gasteiger partial charge in [0.25, 0.3) is 0 Å². The van der Waals surface area contributed by atoms with Crippen LogP contribution < -0.4 is 0 Å². The first-order valence-corrected chi connectivity index (χ1v) is 26.6. The van der Waals surface area contributed by atoms with Crippen LogP contribution in [0.4, 0.5) is 0 Å². The van der Waals surface area contributed by atoms with Crippen LogP contribution in [0.3, 0.4) is 0 Å². The lowest BCUT2D eigenvalue weighted by atomic mass is 10.0. The minimum absolute atomic E-state index is 0.0794. The molecule has 1 atom stereocenters. The lowest BCUT2D eigenvalue weighted by Crippen LogP contribution is -2.30. The average Bonchev–Trinajstić information content (AvgIpc) is 3.27. The summed E-state index contributed by atoms with van der Waals surface area (Å²) in [6, 6.07) is 0. The summed E-state index contributed by atoms with van der Waals surface area (Å²) in [5.41, 5.74) is 0. The van der Waals surface area contributed by atoms with E-state index in [0.29, 0.717) is 19.3 Å². The van der Waals surface area contributed by atoms with E-state index in [9.17, 15) is 14.4 Å². The Morgan fingerprint density at radius 2 is 0.629 bits per heavy atom. The summed E-state index contributed by atoms with van der Waals surface area (Å²) in [6.45, 7) is 6.51. The molecule has 360 valence electrons. The summed E-state index contributed by atoms with van der Waals surface area (Å²) in [7, 11) is 0. The van der Waals surface area contributed by atoms with Crippen molar-refractivity contribution in [2.75, 3.05) is 13.2 Å². The van der Waals surface area contributed by atoms with Crippen LogP contribution in [0.25, 0.3) is 0 Å². The molecule has 0 rings (SSSR count). The van der Waals surface area contributed by atoms with Crippen molar-refractivity contribution >= 4 is 17.9 Å². The summed E-state index contributed by atoms with van der Waals surface area (Å²) >= 11 is 0. The van der Waals surface area contributed by atoms with E-state index in [1.165, 1.54) is 141 Å². The van der Waals surface area contributed by atoms with Crippen molar-refractivity contribution in [1.82, 2.24) is 0 Å². The first-order chi connectivity index (χ1) is 30.5. The van der Waals surface area contributed by atoms with E-state index in [1.807, 2.05) is 0 Å². The highest BCUT2D eigenvalue weighted by atomic mass is 16.6. The molecule has 0 aliphatic heterocycles. The Kier molecular flexibility index (Phi) is 48.8. The molecule has 0 aliphatic rings. The van der Waals surface area contributed by atoms with Crippen molar-refractivity contribution in [3.63, 3.8) is 0 Å². The average molecular weight is 869 g/mol. The Hall–Kier alpha value is -2.63. The summed E-state index contributed by atoms with van der Waals surface area (Å²) in [6.07, 6.45) is 60.9. The van der Waals surface area contributed by atoms with Crippen molar-refractivity contribution in [2.24, 2.45) is 0 Å². The third-order valence-electron chi connectivity index (χ3n) is 11.6. The van der Waals surface area contributed by atoms with Gasteiger partial charge in [-0.25, -0.2) is 0 Å². The standard InChI is InChI=1S/C56H100O6/c1-4-7-10-13-16-19-22-25-27-29-31-34-37-40-43-46-49-55(58)61-52-53(51-60-54(57)48-45-42-39-36-33-24-21-18-15-12-9-6-3)62-56(59)50-47-44-41-38-35-32-30-28-26-23-20-17-14-11-8-5-2/h7,10,16,18-19,21,25,27,53H,4-6,8-9,11-15,17,20,22-24,26,28-52H2,1-3H3/b10-7-,19-16-,21-18-,27-25-. The van der Waals surface area contributed by atoms with Gasteiger partial charge >= 0.3 is 17.9 Å². The van der Waals surface area contributed by atoms with Gasteiger partial charge in [-0.1, -0.05) is 223 Å². The van der Waals surface area contributed by atoms with Crippen LogP contribution in [0.1, 0.15) is 271 Å². The smallest absolute Gasteiger partial charge is 0.306 e. The van der Waals surface area contributed by atoms with Gasteiger partial charge in [-0.2, -0.15) is 0 Å². The molecule has 0 aromatic carbocycles. The van der Waals surface area contributed by atoms with E-state index in [4.69, 9.17) is 14.2 Å². The van der Waals surface area contributed by atoms with Crippen LogP contribution in [0.15, 0.2) is 48.6 Å². The maximum absolute atomic E-state index is 12.8. The van der Waals surface area contributed by atoms with Gasteiger partial charge in [0, 0.05) is 19.3 Å². The zero-order valence-corrected chi connectivity index (χ0v) is 41.1. The van der Waals surface area contributed by atoms with E-state index in [1.54, 1.807) is 0 Å². The van der Waals surface area contributed by atoms with E-state index >= 15 is 0 Å². The Labute approximate surface area is 384 Å². The molecule has 0 bridgehead atoms. The van der Waals surface area contributed by atoms with Gasteiger partial charge in [0.05, 0.1) is 0 Å². The van der Waals surface area contributed by atoms with Crippen LogP contribution >= 0.6 is 0 Å². The van der Waals surface area contributed by atoms with Crippen LogP contribution in [0, 0.1) is 0 Å². The van der Waals surface area contributed by atoms with E-state index in [2.05, 4.69) is 69.4 Å².